The van der Waals surface area contributed by atoms with Gasteiger partial charge >= 0.3 is 6.03 Å². The summed E-state index contributed by atoms with van der Waals surface area (Å²) >= 11 is 0. The van der Waals surface area contributed by atoms with Crippen LogP contribution in [-0.4, -0.2) is 54.1 Å². The number of amides is 4. The van der Waals surface area contributed by atoms with Crippen molar-refractivity contribution in [1.82, 2.24) is 15.5 Å². The van der Waals surface area contributed by atoms with Gasteiger partial charge in [0.1, 0.15) is 24.8 Å². The van der Waals surface area contributed by atoms with Crippen LogP contribution < -0.4 is 20.1 Å². The van der Waals surface area contributed by atoms with E-state index in [1.165, 1.54) is 0 Å². The van der Waals surface area contributed by atoms with Gasteiger partial charge < -0.3 is 20.1 Å². The van der Waals surface area contributed by atoms with Gasteiger partial charge in [0.15, 0.2) is 11.5 Å². The number of imide groups is 1. The van der Waals surface area contributed by atoms with E-state index in [4.69, 9.17) is 9.47 Å². The zero-order valence-corrected chi connectivity index (χ0v) is 15.7. The molecule has 4 rings (SSSR count). The Kier molecular flexibility index (Phi) is 5.11. The van der Waals surface area contributed by atoms with E-state index in [0.717, 1.165) is 30.6 Å². The average molecular weight is 387 g/mol. The number of nitrogens with one attached hydrogen (secondary N) is 2. The Bertz CT molecular complexity index is 773. The summed E-state index contributed by atoms with van der Waals surface area (Å²) in [5.74, 6) is 0.646. The molecule has 1 saturated carbocycles. The van der Waals surface area contributed by atoms with Crippen molar-refractivity contribution in [3.05, 3.63) is 24.3 Å². The molecule has 1 aromatic rings. The molecule has 0 bridgehead atoms. The molecular formula is C20H25N3O5. The van der Waals surface area contributed by atoms with E-state index in [0.29, 0.717) is 30.9 Å². The van der Waals surface area contributed by atoms with E-state index in [2.05, 4.69) is 10.6 Å². The fourth-order valence-corrected chi connectivity index (χ4v) is 4.08. The lowest BCUT2D eigenvalue weighted by molar-refractivity contribution is -0.135. The van der Waals surface area contributed by atoms with Gasteiger partial charge in [-0.05, 0) is 25.0 Å². The summed E-state index contributed by atoms with van der Waals surface area (Å²) in [7, 11) is 0. The van der Waals surface area contributed by atoms with Crippen molar-refractivity contribution in [3.8, 4) is 11.5 Å². The van der Waals surface area contributed by atoms with Crippen molar-refractivity contribution in [2.75, 3.05) is 19.7 Å². The minimum atomic E-state index is -0.822. The summed E-state index contributed by atoms with van der Waals surface area (Å²) in [6, 6.07) is 6.87. The fraction of sp³-hybridized carbons (Fsp3) is 0.550. The highest BCUT2D eigenvalue weighted by atomic mass is 16.6. The second-order valence-electron chi connectivity index (χ2n) is 7.62. The minimum absolute atomic E-state index is 0.238. The molecule has 0 aromatic heterocycles. The second kappa shape index (κ2) is 7.69. The van der Waals surface area contributed by atoms with Gasteiger partial charge in [0.2, 0.25) is 5.91 Å². The highest BCUT2D eigenvalue weighted by molar-refractivity contribution is 6.09. The van der Waals surface area contributed by atoms with Gasteiger partial charge in [-0.15, -0.1) is 0 Å². The third-order valence-corrected chi connectivity index (χ3v) is 5.60. The third kappa shape index (κ3) is 3.63. The third-order valence-electron chi connectivity index (χ3n) is 5.60. The molecule has 1 unspecified atom stereocenters. The topological polar surface area (TPSA) is 97.0 Å². The van der Waals surface area contributed by atoms with Crippen LogP contribution in [0.15, 0.2) is 24.3 Å². The summed E-state index contributed by atoms with van der Waals surface area (Å²) < 4.78 is 11.4. The van der Waals surface area contributed by atoms with Gasteiger partial charge in [-0.3, -0.25) is 14.5 Å². The van der Waals surface area contributed by atoms with Crippen LogP contribution >= 0.6 is 0 Å². The van der Waals surface area contributed by atoms with E-state index >= 15 is 0 Å². The van der Waals surface area contributed by atoms with Crippen molar-refractivity contribution in [2.45, 2.75) is 50.2 Å². The van der Waals surface area contributed by atoms with E-state index < -0.39 is 17.5 Å². The van der Waals surface area contributed by atoms with Gasteiger partial charge in [0, 0.05) is 0 Å². The Morgan fingerprint density at radius 1 is 1.14 bits per heavy atom. The smallest absolute Gasteiger partial charge is 0.325 e. The molecule has 8 nitrogen and oxygen atoms in total. The van der Waals surface area contributed by atoms with Crippen LogP contribution in [0.1, 0.15) is 38.5 Å². The SMILES string of the molecule is O=C(CN1C(=O)NC2(CCCCCC2)C1=O)NCC1COc2ccccc2O1. The molecule has 1 spiro atoms. The highest BCUT2D eigenvalue weighted by Gasteiger charge is 2.51. The molecule has 28 heavy (non-hydrogen) atoms. The van der Waals surface area contributed by atoms with Crippen LogP contribution in [0.4, 0.5) is 4.79 Å². The number of nitrogens with zero attached hydrogens (tertiary/aromatic N) is 1. The van der Waals surface area contributed by atoms with Gasteiger partial charge in [0.05, 0.1) is 6.54 Å². The van der Waals surface area contributed by atoms with Gasteiger partial charge in [-0.1, -0.05) is 37.8 Å². The Balaban J connectivity index is 1.30. The first-order valence-electron chi connectivity index (χ1n) is 9.87. The number of para-hydroxylation sites is 2. The number of rotatable bonds is 4. The largest absolute Gasteiger partial charge is 0.486 e. The predicted molar refractivity (Wildman–Crippen MR) is 100 cm³/mol. The number of urea groups is 1. The van der Waals surface area contributed by atoms with Gasteiger partial charge in [-0.25, -0.2) is 4.79 Å². The number of carbonyl (C=O) groups excluding carboxylic acids is 3. The fourth-order valence-electron chi connectivity index (χ4n) is 4.08. The summed E-state index contributed by atoms with van der Waals surface area (Å²) in [6.45, 7) is 0.280. The molecule has 150 valence electrons. The van der Waals surface area contributed by atoms with Gasteiger partial charge in [-0.2, -0.15) is 0 Å². The minimum Gasteiger partial charge on any atom is -0.486 e. The summed E-state index contributed by atoms with van der Waals surface area (Å²) in [5.41, 5.74) is -0.822. The van der Waals surface area contributed by atoms with Crippen LogP contribution in [0.2, 0.25) is 0 Å². The number of benzene rings is 1. The molecule has 0 radical (unpaired) electrons. The Morgan fingerprint density at radius 3 is 2.61 bits per heavy atom. The molecule has 4 amide bonds. The molecular weight excluding hydrogens is 362 g/mol. The highest BCUT2D eigenvalue weighted by Crippen LogP contribution is 2.33. The Labute approximate surface area is 163 Å². The maximum Gasteiger partial charge on any atom is 0.325 e. The number of carbonyl (C=O) groups is 3. The van der Waals surface area contributed by atoms with Crippen molar-refractivity contribution in [2.24, 2.45) is 0 Å². The van der Waals surface area contributed by atoms with Crippen molar-refractivity contribution >= 4 is 17.8 Å². The lowest BCUT2D eigenvalue weighted by Crippen LogP contribution is -2.48. The first-order valence-corrected chi connectivity index (χ1v) is 9.87. The Morgan fingerprint density at radius 2 is 1.86 bits per heavy atom. The molecule has 2 N–H and O–H groups in total. The summed E-state index contributed by atoms with van der Waals surface area (Å²) in [6.07, 6.45) is 4.91. The molecule has 2 fully saturated rings. The van der Waals surface area contributed by atoms with Crippen LogP contribution in [0.5, 0.6) is 11.5 Å². The number of ether oxygens (including phenoxy) is 2. The molecule has 3 aliphatic rings. The number of hydrogen-bond donors (Lipinski definition) is 2. The first-order chi connectivity index (χ1) is 13.6. The molecule has 1 aliphatic carbocycles. The zero-order valence-electron chi connectivity index (χ0n) is 15.7. The summed E-state index contributed by atoms with van der Waals surface area (Å²) in [4.78, 5) is 38.5. The zero-order chi connectivity index (χ0) is 19.6. The van der Waals surface area contributed by atoms with E-state index in [1.807, 2.05) is 24.3 Å². The lowest BCUT2D eigenvalue weighted by Gasteiger charge is -2.27. The van der Waals surface area contributed by atoms with Crippen LogP contribution in [0, 0.1) is 0 Å². The van der Waals surface area contributed by atoms with Crippen LogP contribution in [0.3, 0.4) is 0 Å². The van der Waals surface area contributed by atoms with Crippen molar-refractivity contribution in [1.29, 1.82) is 0 Å². The summed E-state index contributed by atoms with van der Waals surface area (Å²) in [5, 5.41) is 5.58. The van der Waals surface area contributed by atoms with Crippen LogP contribution in [0.25, 0.3) is 0 Å². The van der Waals surface area contributed by atoms with E-state index in [-0.39, 0.29) is 25.1 Å². The quantitative estimate of drug-likeness (QED) is 0.765. The predicted octanol–water partition coefficient (Wildman–Crippen LogP) is 1.59. The van der Waals surface area contributed by atoms with Crippen molar-refractivity contribution < 1.29 is 23.9 Å². The molecule has 2 aliphatic heterocycles. The normalized spacial score (nSPS) is 23.3. The molecule has 1 saturated heterocycles. The molecule has 1 atom stereocenters. The lowest BCUT2D eigenvalue weighted by atomic mass is 9.90. The van der Waals surface area contributed by atoms with E-state index in [1.54, 1.807) is 0 Å². The van der Waals surface area contributed by atoms with Crippen LogP contribution in [-0.2, 0) is 9.59 Å². The second-order valence-corrected chi connectivity index (χ2v) is 7.62. The number of fused-ring (bicyclic) bond motifs is 1. The maximum atomic E-state index is 12.8. The molecule has 2 heterocycles. The number of hydrogen-bond acceptors (Lipinski definition) is 5. The standard InChI is InChI=1S/C20H25N3O5/c24-17(21-11-14-13-27-15-7-3-4-8-16(15)28-14)12-23-18(25)20(22-19(23)26)9-5-1-2-6-10-20/h3-4,7-8,14H,1-2,5-6,9-13H2,(H,21,24)(H,22,26). The monoisotopic (exact) mass is 387 g/mol. The Hall–Kier alpha value is -2.77. The average Bonchev–Trinajstić information content (AvgIpc) is 2.86. The first kappa shape index (κ1) is 18.6. The van der Waals surface area contributed by atoms with E-state index in [9.17, 15) is 14.4 Å². The molecule has 8 heteroatoms. The van der Waals surface area contributed by atoms with Crippen molar-refractivity contribution in [3.63, 3.8) is 0 Å². The maximum absolute atomic E-state index is 12.8. The molecule has 1 aromatic carbocycles. The van der Waals surface area contributed by atoms with Gasteiger partial charge in [0.25, 0.3) is 5.91 Å².